The van der Waals surface area contributed by atoms with Gasteiger partial charge in [-0.2, -0.15) is 0 Å². The number of carboxylic acid groups (broad SMARTS) is 1. The monoisotopic (exact) mass is 292 g/mol. The van der Waals surface area contributed by atoms with Gasteiger partial charge in [-0.1, -0.05) is 0 Å². The van der Waals surface area contributed by atoms with Gasteiger partial charge >= 0.3 is 5.97 Å². The van der Waals surface area contributed by atoms with Gasteiger partial charge in [-0.25, -0.2) is 13.2 Å². The number of rotatable bonds is 2. The highest BCUT2D eigenvalue weighted by atomic mass is 35.5. The zero-order valence-electron chi connectivity index (χ0n) is 11.0. The third-order valence-electron chi connectivity index (χ3n) is 3.14. The van der Waals surface area contributed by atoms with Gasteiger partial charge in [0.25, 0.3) is 0 Å². The first kappa shape index (κ1) is 16.9. The highest BCUT2D eigenvalue weighted by Crippen LogP contribution is 2.29. The van der Waals surface area contributed by atoms with Crippen LogP contribution in [-0.2, 0) is 9.84 Å². The second kappa shape index (κ2) is 5.28. The minimum Gasteiger partial charge on any atom is -0.478 e. The van der Waals surface area contributed by atoms with E-state index < -0.39 is 15.8 Å². The minimum atomic E-state index is -3.42. The molecule has 18 heavy (non-hydrogen) atoms. The molecule has 0 aliphatic carbocycles. The van der Waals surface area contributed by atoms with Crippen LogP contribution in [0.3, 0.4) is 0 Å². The number of aromatic carboxylic acids is 1. The number of hydrogen-bond acceptors (Lipinski definition) is 3. The molecule has 0 bridgehead atoms. The summed E-state index contributed by atoms with van der Waals surface area (Å²) in [7, 11) is -3.42. The van der Waals surface area contributed by atoms with Gasteiger partial charge in [-0.3, -0.25) is 0 Å². The Morgan fingerprint density at radius 3 is 1.72 bits per heavy atom. The fourth-order valence-corrected chi connectivity index (χ4v) is 3.56. The van der Waals surface area contributed by atoms with Gasteiger partial charge in [-0.15, -0.1) is 12.4 Å². The van der Waals surface area contributed by atoms with Crippen LogP contribution >= 0.6 is 12.4 Å². The summed E-state index contributed by atoms with van der Waals surface area (Å²) >= 11 is 0. The van der Waals surface area contributed by atoms with Crippen LogP contribution in [-0.4, -0.2) is 25.7 Å². The Hall–Kier alpha value is -1.07. The standard InChI is InChI=1S/C12H16O4S.ClH/c1-6-7(2)10(12(13)14)9(4)11(8(6)3)17(5,15)16;/h1-5H3,(H,13,14);1H. The smallest absolute Gasteiger partial charge is 0.336 e. The summed E-state index contributed by atoms with van der Waals surface area (Å²) in [6.07, 6.45) is 1.10. The molecule has 1 rings (SSSR count). The molecule has 0 aliphatic rings. The SMILES string of the molecule is Cc1c(C)c(C(=O)O)c(C)c(S(C)(=O)=O)c1C.Cl. The van der Waals surface area contributed by atoms with Crippen molar-refractivity contribution in [3.05, 3.63) is 27.8 Å². The van der Waals surface area contributed by atoms with Gasteiger partial charge in [0.1, 0.15) is 0 Å². The van der Waals surface area contributed by atoms with Gasteiger partial charge < -0.3 is 5.11 Å². The summed E-state index contributed by atoms with van der Waals surface area (Å²) in [5, 5.41) is 9.16. The first-order valence-electron chi connectivity index (χ1n) is 5.12. The van der Waals surface area contributed by atoms with Crippen molar-refractivity contribution in [1.82, 2.24) is 0 Å². The lowest BCUT2D eigenvalue weighted by Gasteiger charge is -2.17. The van der Waals surface area contributed by atoms with Crippen LogP contribution in [0.4, 0.5) is 0 Å². The van der Waals surface area contributed by atoms with Crippen molar-refractivity contribution in [3.63, 3.8) is 0 Å². The van der Waals surface area contributed by atoms with E-state index >= 15 is 0 Å². The second-order valence-corrected chi connectivity index (χ2v) is 6.23. The molecule has 0 saturated carbocycles. The summed E-state index contributed by atoms with van der Waals surface area (Å²) in [6.45, 7) is 6.69. The molecule has 0 radical (unpaired) electrons. The molecule has 0 aliphatic heterocycles. The highest BCUT2D eigenvalue weighted by molar-refractivity contribution is 7.90. The van der Waals surface area contributed by atoms with E-state index in [4.69, 9.17) is 5.11 Å². The van der Waals surface area contributed by atoms with Gasteiger partial charge in [0.05, 0.1) is 10.5 Å². The van der Waals surface area contributed by atoms with Crippen LogP contribution in [0.1, 0.15) is 32.6 Å². The maximum absolute atomic E-state index is 11.7. The van der Waals surface area contributed by atoms with Crippen LogP contribution < -0.4 is 0 Å². The molecule has 0 heterocycles. The zero-order chi connectivity index (χ0) is 13.5. The van der Waals surface area contributed by atoms with Crippen molar-refractivity contribution in [2.45, 2.75) is 32.6 Å². The van der Waals surface area contributed by atoms with Crippen molar-refractivity contribution in [3.8, 4) is 0 Å². The summed E-state index contributed by atoms with van der Waals surface area (Å²) < 4.78 is 23.4. The van der Waals surface area contributed by atoms with Gasteiger partial charge in [0.2, 0.25) is 0 Å². The molecule has 102 valence electrons. The van der Waals surface area contributed by atoms with Crippen LogP contribution in [0.25, 0.3) is 0 Å². The van der Waals surface area contributed by atoms with Gasteiger partial charge in [0, 0.05) is 6.26 Å². The van der Waals surface area contributed by atoms with E-state index in [2.05, 4.69) is 0 Å². The van der Waals surface area contributed by atoms with Crippen molar-refractivity contribution in [1.29, 1.82) is 0 Å². The van der Waals surface area contributed by atoms with E-state index in [0.717, 1.165) is 6.26 Å². The molecular formula is C12H17ClO4S. The maximum atomic E-state index is 11.7. The summed E-state index contributed by atoms with van der Waals surface area (Å²) in [5.74, 6) is -1.09. The molecule has 6 heteroatoms. The average Bonchev–Trinajstić information content (AvgIpc) is 2.11. The van der Waals surface area contributed by atoms with Crippen molar-refractivity contribution in [2.24, 2.45) is 0 Å². The molecule has 0 aromatic heterocycles. The molecule has 1 aromatic rings. The molecule has 0 spiro atoms. The quantitative estimate of drug-likeness (QED) is 0.909. The fourth-order valence-electron chi connectivity index (χ4n) is 2.19. The third kappa shape index (κ3) is 2.67. The predicted octanol–water partition coefficient (Wildman–Crippen LogP) is 2.44. The molecule has 0 amide bonds. The van der Waals surface area contributed by atoms with Gasteiger partial charge in [0.15, 0.2) is 9.84 Å². The molecule has 0 saturated heterocycles. The van der Waals surface area contributed by atoms with Crippen LogP contribution in [0.15, 0.2) is 4.90 Å². The number of sulfone groups is 1. The molecule has 4 nitrogen and oxygen atoms in total. The number of benzene rings is 1. The van der Waals surface area contributed by atoms with E-state index in [-0.39, 0.29) is 22.9 Å². The fraction of sp³-hybridized carbons (Fsp3) is 0.417. The van der Waals surface area contributed by atoms with Crippen LogP contribution in [0.5, 0.6) is 0 Å². The molecule has 1 aromatic carbocycles. The summed E-state index contributed by atoms with van der Waals surface area (Å²) in [6, 6.07) is 0. The normalized spacial score (nSPS) is 10.9. The van der Waals surface area contributed by atoms with E-state index in [1.54, 1.807) is 27.7 Å². The molecule has 0 unspecified atom stereocenters. The minimum absolute atomic E-state index is 0. The Kier molecular flexibility index (Phi) is 4.97. The average molecular weight is 293 g/mol. The lowest BCUT2D eigenvalue weighted by molar-refractivity contribution is 0.0695. The first-order valence-corrected chi connectivity index (χ1v) is 7.01. The second-order valence-electron chi connectivity index (χ2n) is 4.28. The first-order chi connectivity index (χ1) is 7.59. The number of carboxylic acids is 1. The largest absolute Gasteiger partial charge is 0.478 e. The van der Waals surface area contributed by atoms with E-state index in [0.29, 0.717) is 22.3 Å². The van der Waals surface area contributed by atoms with Crippen molar-refractivity contribution >= 4 is 28.2 Å². The maximum Gasteiger partial charge on any atom is 0.336 e. The zero-order valence-corrected chi connectivity index (χ0v) is 12.6. The third-order valence-corrected chi connectivity index (χ3v) is 4.49. The molecule has 0 fully saturated rings. The number of carbonyl (C=O) groups is 1. The van der Waals surface area contributed by atoms with Gasteiger partial charge in [-0.05, 0) is 49.9 Å². The van der Waals surface area contributed by atoms with Crippen molar-refractivity contribution in [2.75, 3.05) is 6.26 Å². The van der Waals surface area contributed by atoms with Crippen LogP contribution in [0, 0.1) is 27.7 Å². The predicted molar refractivity (Wildman–Crippen MR) is 72.7 cm³/mol. The molecular weight excluding hydrogens is 276 g/mol. The Morgan fingerprint density at radius 1 is 0.944 bits per heavy atom. The number of halogens is 1. The topological polar surface area (TPSA) is 71.4 Å². The molecule has 0 atom stereocenters. The summed E-state index contributed by atoms with van der Waals surface area (Å²) in [5.41, 5.74) is 2.38. The highest BCUT2D eigenvalue weighted by Gasteiger charge is 2.24. The van der Waals surface area contributed by atoms with E-state index in [1.165, 1.54) is 0 Å². The lowest BCUT2D eigenvalue weighted by Crippen LogP contribution is -2.13. The van der Waals surface area contributed by atoms with E-state index in [1.807, 2.05) is 0 Å². The van der Waals surface area contributed by atoms with Crippen molar-refractivity contribution < 1.29 is 18.3 Å². The van der Waals surface area contributed by atoms with E-state index in [9.17, 15) is 13.2 Å². The lowest BCUT2D eigenvalue weighted by atomic mass is 9.94. The number of hydrogen-bond donors (Lipinski definition) is 1. The summed E-state index contributed by atoms with van der Waals surface area (Å²) in [4.78, 5) is 11.3. The Morgan fingerprint density at radius 2 is 1.39 bits per heavy atom. The Bertz CT molecular complexity index is 603. The molecule has 1 N–H and O–H groups in total. The van der Waals surface area contributed by atoms with Crippen LogP contribution in [0.2, 0.25) is 0 Å². The Labute approximate surface area is 113 Å². The Balaban J connectivity index is 0.00000289.